The Kier molecular flexibility index (Phi) is 3.29. The van der Waals surface area contributed by atoms with Crippen LogP contribution in [-0.4, -0.2) is 22.6 Å². The van der Waals surface area contributed by atoms with Crippen LogP contribution in [0.1, 0.15) is 0 Å². The van der Waals surface area contributed by atoms with Crippen LogP contribution in [0.15, 0.2) is 53.0 Å². The minimum Gasteiger partial charge on any atom is -0.238 e. The molecule has 0 saturated carbocycles. The highest BCUT2D eigenvalue weighted by Crippen LogP contribution is 2.23. The van der Waals surface area contributed by atoms with E-state index < -0.39 is 10.0 Å². The molecular weight excluding hydrogens is 308 g/mol. The molecule has 0 radical (unpaired) electrons. The molecule has 104 valence electrons. The molecule has 3 aromatic rings. The number of rotatable bonds is 3. The Morgan fingerprint density at radius 2 is 2.10 bits per heavy atom. The molecule has 0 N–H and O–H groups in total. The van der Waals surface area contributed by atoms with Crippen molar-refractivity contribution in [3.8, 4) is 10.7 Å². The summed E-state index contributed by atoms with van der Waals surface area (Å²) in [4.78, 5) is 8.05. The Bertz CT molecular complexity index is 921. The number of hydrogen-bond donors (Lipinski definition) is 0. The van der Waals surface area contributed by atoms with E-state index in [0.29, 0.717) is 5.82 Å². The molecule has 2 aromatic heterocycles. The smallest absolute Gasteiger partial charge is 0.238 e. The fourth-order valence-corrected chi connectivity index (χ4v) is 3.46. The lowest BCUT2D eigenvalue weighted by Crippen LogP contribution is -2.13. The van der Waals surface area contributed by atoms with Crippen molar-refractivity contribution in [2.45, 2.75) is 4.90 Å². The van der Waals surface area contributed by atoms with Crippen LogP contribution in [0.2, 0.25) is 0 Å². The monoisotopic (exact) mass is 316 g/mol. The van der Waals surface area contributed by atoms with Gasteiger partial charge in [-0.25, -0.2) is 9.83 Å². The zero-order valence-electron chi connectivity index (χ0n) is 10.5. The first-order chi connectivity index (χ1) is 10.1. The highest BCUT2D eigenvalue weighted by molar-refractivity contribution is 7.89. The molecule has 0 amide bonds. The summed E-state index contributed by atoms with van der Waals surface area (Å²) in [6, 6.07) is 9.47. The summed E-state index contributed by atoms with van der Waals surface area (Å²) in [5.41, 5.74) is 0.259. The highest BCUT2D eigenvalue weighted by Gasteiger charge is 2.19. The summed E-state index contributed by atoms with van der Waals surface area (Å²) in [5.74, 6) is 0.356. The van der Waals surface area contributed by atoms with Crippen LogP contribution in [-0.2, 0) is 10.0 Å². The molecule has 3 rings (SSSR count). The summed E-state index contributed by atoms with van der Waals surface area (Å²) in [6.45, 7) is 6.94. The van der Waals surface area contributed by atoms with E-state index >= 15 is 0 Å². The number of benzene rings is 1. The first-order valence-electron chi connectivity index (χ1n) is 5.80. The van der Waals surface area contributed by atoms with Crippen LogP contribution < -0.4 is 0 Å². The van der Waals surface area contributed by atoms with Gasteiger partial charge in [-0.3, -0.25) is 0 Å². The van der Waals surface area contributed by atoms with Gasteiger partial charge in [0.1, 0.15) is 6.33 Å². The topological polar surface area (TPSA) is 69.2 Å². The van der Waals surface area contributed by atoms with Crippen LogP contribution >= 0.6 is 11.3 Å². The SMILES string of the molecule is [C-]#[N+]c1cccc(S(=O)(=O)n2cnc(-c3cccs3)n2)c1. The van der Waals surface area contributed by atoms with E-state index in [1.54, 1.807) is 6.07 Å². The summed E-state index contributed by atoms with van der Waals surface area (Å²) >= 11 is 1.43. The fraction of sp³-hybridized carbons (Fsp3) is 0. The van der Waals surface area contributed by atoms with Crippen molar-refractivity contribution in [1.82, 2.24) is 14.2 Å². The van der Waals surface area contributed by atoms with Gasteiger partial charge in [-0.05, 0) is 23.6 Å². The van der Waals surface area contributed by atoms with E-state index in [1.165, 1.54) is 29.5 Å². The van der Waals surface area contributed by atoms with Gasteiger partial charge in [0, 0.05) is 0 Å². The van der Waals surface area contributed by atoms with Crippen LogP contribution in [0.4, 0.5) is 5.69 Å². The van der Waals surface area contributed by atoms with Gasteiger partial charge in [0.05, 0.1) is 16.3 Å². The minimum absolute atomic E-state index is 0.0126. The predicted molar refractivity (Wildman–Crippen MR) is 78.6 cm³/mol. The molecule has 0 atom stereocenters. The molecule has 0 unspecified atom stereocenters. The average molecular weight is 316 g/mol. The third-order valence-electron chi connectivity index (χ3n) is 2.70. The van der Waals surface area contributed by atoms with Crippen molar-refractivity contribution in [2.75, 3.05) is 0 Å². The summed E-state index contributed by atoms with van der Waals surface area (Å²) in [7, 11) is -3.84. The van der Waals surface area contributed by atoms with Crippen LogP contribution in [0.5, 0.6) is 0 Å². The highest BCUT2D eigenvalue weighted by atomic mass is 32.2. The molecule has 1 aromatic carbocycles. The molecule has 0 bridgehead atoms. The maximum absolute atomic E-state index is 12.4. The van der Waals surface area contributed by atoms with Gasteiger partial charge in [-0.2, -0.15) is 8.42 Å². The Hall–Kier alpha value is -2.50. The quantitative estimate of drug-likeness (QED) is 0.697. The second-order valence-corrected chi connectivity index (χ2v) is 6.78. The van der Waals surface area contributed by atoms with Crippen molar-refractivity contribution in [3.63, 3.8) is 0 Å². The Balaban J connectivity index is 2.05. The van der Waals surface area contributed by atoms with Gasteiger partial charge < -0.3 is 0 Å². The van der Waals surface area contributed by atoms with Gasteiger partial charge >= 0.3 is 0 Å². The first kappa shape index (κ1) is 13.5. The van der Waals surface area contributed by atoms with Gasteiger partial charge in [0.15, 0.2) is 11.5 Å². The Labute approximate surface area is 125 Å². The maximum Gasteiger partial charge on any atom is 0.283 e. The summed E-state index contributed by atoms with van der Waals surface area (Å²) < 4.78 is 25.7. The number of thiophene rings is 1. The number of nitrogens with zero attached hydrogens (tertiary/aromatic N) is 4. The Morgan fingerprint density at radius 3 is 2.81 bits per heavy atom. The van der Waals surface area contributed by atoms with E-state index in [4.69, 9.17) is 6.57 Å². The predicted octanol–water partition coefficient (Wildman–Crippen LogP) is 2.79. The molecule has 6 nitrogen and oxygen atoms in total. The molecule has 21 heavy (non-hydrogen) atoms. The molecule has 0 saturated heterocycles. The van der Waals surface area contributed by atoms with Crippen molar-refractivity contribution < 1.29 is 8.42 Å². The van der Waals surface area contributed by atoms with E-state index in [-0.39, 0.29) is 10.6 Å². The molecule has 8 heteroatoms. The zero-order valence-corrected chi connectivity index (χ0v) is 12.2. The van der Waals surface area contributed by atoms with E-state index in [1.807, 2.05) is 17.5 Å². The summed E-state index contributed by atoms with van der Waals surface area (Å²) in [5, 5.41) is 5.87. The standard InChI is InChI=1S/C13H8N4O2S2/c1-14-10-4-2-5-11(8-10)21(18,19)17-9-15-13(16-17)12-6-3-7-20-12/h2-9H. The molecule has 0 aliphatic rings. The molecular formula is C13H8N4O2S2. The first-order valence-corrected chi connectivity index (χ1v) is 8.12. The second-order valence-electron chi connectivity index (χ2n) is 4.03. The van der Waals surface area contributed by atoms with Crippen LogP contribution in [0.3, 0.4) is 0 Å². The Morgan fingerprint density at radius 1 is 1.24 bits per heavy atom. The molecule has 0 aliphatic heterocycles. The third-order valence-corrected chi connectivity index (χ3v) is 5.09. The van der Waals surface area contributed by atoms with Crippen molar-refractivity contribution in [1.29, 1.82) is 0 Å². The van der Waals surface area contributed by atoms with E-state index in [0.717, 1.165) is 15.3 Å². The zero-order chi connectivity index (χ0) is 14.9. The number of aromatic nitrogens is 3. The van der Waals surface area contributed by atoms with Crippen LogP contribution in [0.25, 0.3) is 15.5 Å². The van der Waals surface area contributed by atoms with Crippen molar-refractivity contribution in [2.24, 2.45) is 0 Å². The molecule has 0 aliphatic carbocycles. The lowest BCUT2D eigenvalue weighted by atomic mass is 10.3. The summed E-state index contributed by atoms with van der Waals surface area (Å²) in [6.07, 6.45) is 1.16. The lowest BCUT2D eigenvalue weighted by molar-refractivity contribution is 0.580. The van der Waals surface area contributed by atoms with Crippen molar-refractivity contribution >= 4 is 27.0 Å². The van der Waals surface area contributed by atoms with Crippen molar-refractivity contribution in [3.05, 3.63) is 59.5 Å². The maximum atomic E-state index is 12.4. The normalized spacial score (nSPS) is 11.2. The molecule has 0 spiro atoms. The average Bonchev–Trinajstić information content (AvgIpc) is 3.18. The largest absolute Gasteiger partial charge is 0.283 e. The van der Waals surface area contributed by atoms with Crippen LogP contribution in [0, 0.1) is 6.57 Å². The second kappa shape index (κ2) is 5.12. The van der Waals surface area contributed by atoms with E-state index in [9.17, 15) is 8.42 Å². The third kappa shape index (κ3) is 2.44. The van der Waals surface area contributed by atoms with Gasteiger partial charge in [-0.1, -0.05) is 18.2 Å². The minimum atomic E-state index is -3.84. The van der Waals surface area contributed by atoms with Gasteiger partial charge in [0.25, 0.3) is 10.0 Å². The van der Waals surface area contributed by atoms with Gasteiger partial charge in [-0.15, -0.1) is 20.5 Å². The van der Waals surface area contributed by atoms with E-state index in [2.05, 4.69) is 14.9 Å². The molecule has 0 fully saturated rings. The number of hydrogen-bond acceptors (Lipinski definition) is 5. The fourth-order valence-electron chi connectivity index (χ4n) is 1.71. The molecule has 2 heterocycles. The van der Waals surface area contributed by atoms with Gasteiger partial charge in [0.2, 0.25) is 0 Å². The lowest BCUT2D eigenvalue weighted by Gasteiger charge is -2.03.